The van der Waals surface area contributed by atoms with Gasteiger partial charge in [-0.05, 0) is 26.2 Å². The third-order valence-corrected chi connectivity index (χ3v) is 2.54. The Hall–Kier alpha value is -1.10. The highest BCUT2D eigenvalue weighted by atomic mass is 16.5. The number of ether oxygens (including phenoxy) is 1. The summed E-state index contributed by atoms with van der Waals surface area (Å²) >= 11 is 0. The van der Waals surface area contributed by atoms with E-state index in [9.17, 15) is 9.59 Å². The zero-order valence-corrected chi connectivity index (χ0v) is 9.83. The molecule has 0 atom stereocenters. The van der Waals surface area contributed by atoms with Gasteiger partial charge in [0.2, 0.25) is 0 Å². The summed E-state index contributed by atoms with van der Waals surface area (Å²) in [6.07, 6.45) is 2.75. The molecule has 1 saturated heterocycles. The number of hydrogen-bond donors (Lipinski definition) is 1. The molecule has 0 radical (unpaired) electrons. The van der Waals surface area contributed by atoms with E-state index in [0.29, 0.717) is 32.8 Å². The Morgan fingerprint density at radius 3 is 2.62 bits per heavy atom. The zero-order chi connectivity index (χ0) is 11.8. The predicted octanol–water partition coefficient (Wildman–Crippen LogP) is 0.152. The molecule has 1 fully saturated rings. The van der Waals surface area contributed by atoms with E-state index < -0.39 is 11.8 Å². The maximum atomic E-state index is 11.5. The van der Waals surface area contributed by atoms with Crippen LogP contribution in [0.3, 0.4) is 0 Å². The van der Waals surface area contributed by atoms with E-state index in [2.05, 4.69) is 5.32 Å². The molecule has 2 amide bonds. The number of rotatable bonds is 5. The number of hydrogen-bond acceptors (Lipinski definition) is 3. The summed E-state index contributed by atoms with van der Waals surface area (Å²) in [6.45, 7) is 5.15. The minimum Gasteiger partial charge on any atom is -0.382 e. The van der Waals surface area contributed by atoms with Crippen molar-refractivity contribution in [3.05, 3.63) is 0 Å². The number of carbonyl (C=O) groups excluding carboxylic acids is 2. The molecule has 1 N–H and O–H groups in total. The van der Waals surface area contributed by atoms with Crippen LogP contribution in [-0.2, 0) is 14.3 Å². The lowest BCUT2D eigenvalue weighted by Crippen LogP contribution is -2.42. The quantitative estimate of drug-likeness (QED) is 0.538. The zero-order valence-electron chi connectivity index (χ0n) is 9.83. The Morgan fingerprint density at radius 1 is 1.31 bits per heavy atom. The van der Waals surface area contributed by atoms with Gasteiger partial charge in [-0.25, -0.2) is 0 Å². The van der Waals surface area contributed by atoms with Crippen LogP contribution in [0, 0.1) is 0 Å². The molecular weight excluding hydrogens is 208 g/mol. The Kier molecular flexibility index (Phi) is 5.85. The molecule has 0 spiro atoms. The van der Waals surface area contributed by atoms with E-state index in [1.807, 2.05) is 6.92 Å². The Balaban J connectivity index is 2.11. The Morgan fingerprint density at radius 2 is 2.00 bits per heavy atom. The summed E-state index contributed by atoms with van der Waals surface area (Å²) in [6, 6.07) is 0. The van der Waals surface area contributed by atoms with Crippen molar-refractivity contribution in [3.63, 3.8) is 0 Å². The first-order valence-corrected chi connectivity index (χ1v) is 5.90. The summed E-state index contributed by atoms with van der Waals surface area (Å²) in [7, 11) is 0. The van der Waals surface area contributed by atoms with E-state index in [1.54, 1.807) is 4.90 Å². The van der Waals surface area contributed by atoms with Gasteiger partial charge >= 0.3 is 11.8 Å². The maximum absolute atomic E-state index is 11.5. The van der Waals surface area contributed by atoms with Crippen LogP contribution < -0.4 is 5.32 Å². The minimum absolute atomic E-state index is 0.395. The first-order chi connectivity index (χ1) is 7.75. The van der Waals surface area contributed by atoms with Gasteiger partial charge in [0, 0.05) is 32.8 Å². The van der Waals surface area contributed by atoms with Crippen molar-refractivity contribution >= 4 is 11.8 Å². The minimum atomic E-state index is -0.488. The van der Waals surface area contributed by atoms with Crippen LogP contribution in [0.1, 0.15) is 26.2 Å². The molecule has 0 unspecified atom stereocenters. The second-order valence-corrected chi connectivity index (χ2v) is 3.81. The molecule has 92 valence electrons. The number of carbonyl (C=O) groups is 2. The highest BCUT2D eigenvalue weighted by Gasteiger charge is 2.23. The average molecular weight is 228 g/mol. The molecule has 0 saturated carbocycles. The van der Waals surface area contributed by atoms with Crippen LogP contribution in [0.25, 0.3) is 0 Å². The maximum Gasteiger partial charge on any atom is 0.311 e. The monoisotopic (exact) mass is 228 g/mol. The third kappa shape index (κ3) is 4.18. The van der Waals surface area contributed by atoms with Gasteiger partial charge in [-0.2, -0.15) is 0 Å². The lowest BCUT2D eigenvalue weighted by atomic mass is 10.4. The molecule has 0 aromatic rings. The highest BCUT2D eigenvalue weighted by molar-refractivity contribution is 6.35. The number of likely N-dealkylation sites (tertiary alicyclic amines) is 1. The molecule has 5 nitrogen and oxygen atoms in total. The lowest BCUT2D eigenvalue weighted by Gasteiger charge is -2.14. The van der Waals surface area contributed by atoms with E-state index in [-0.39, 0.29) is 0 Å². The molecule has 1 heterocycles. The summed E-state index contributed by atoms with van der Waals surface area (Å²) in [5.41, 5.74) is 0. The van der Waals surface area contributed by atoms with Crippen LogP contribution in [-0.4, -0.2) is 49.6 Å². The van der Waals surface area contributed by atoms with Crippen molar-refractivity contribution in [3.8, 4) is 0 Å². The van der Waals surface area contributed by atoms with Gasteiger partial charge in [-0.3, -0.25) is 9.59 Å². The third-order valence-electron chi connectivity index (χ3n) is 2.54. The first-order valence-electron chi connectivity index (χ1n) is 5.90. The van der Waals surface area contributed by atoms with Gasteiger partial charge in [0.05, 0.1) is 0 Å². The van der Waals surface area contributed by atoms with E-state index in [1.165, 1.54) is 0 Å². The summed E-state index contributed by atoms with van der Waals surface area (Å²) in [5, 5.41) is 2.61. The van der Waals surface area contributed by atoms with Gasteiger partial charge in [0.1, 0.15) is 0 Å². The number of nitrogens with one attached hydrogen (secondary N) is 1. The first kappa shape index (κ1) is 13.0. The molecule has 0 aliphatic carbocycles. The molecule has 1 aliphatic rings. The highest BCUT2D eigenvalue weighted by Crippen LogP contribution is 2.06. The van der Waals surface area contributed by atoms with Crippen molar-refractivity contribution in [2.24, 2.45) is 0 Å². The fourth-order valence-corrected chi connectivity index (χ4v) is 1.66. The fraction of sp³-hybridized carbons (Fsp3) is 0.818. The van der Waals surface area contributed by atoms with Crippen LogP contribution in [0.15, 0.2) is 0 Å². The Labute approximate surface area is 96.1 Å². The van der Waals surface area contributed by atoms with Gasteiger partial charge in [0.25, 0.3) is 0 Å². The smallest absolute Gasteiger partial charge is 0.311 e. The van der Waals surface area contributed by atoms with Crippen molar-refractivity contribution in [2.45, 2.75) is 26.2 Å². The molecule has 1 aliphatic heterocycles. The van der Waals surface area contributed by atoms with Crippen molar-refractivity contribution < 1.29 is 14.3 Å². The largest absolute Gasteiger partial charge is 0.382 e. The Bertz CT molecular complexity index is 237. The van der Waals surface area contributed by atoms with Crippen LogP contribution in [0.4, 0.5) is 0 Å². The van der Waals surface area contributed by atoms with Gasteiger partial charge in [-0.1, -0.05) is 0 Å². The summed E-state index contributed by atoms with van der Waals surface area (Å²) < 4.78 is 5.13. The summed E-state index contributed by atoms with van der Waals surface area (Å²) in [5.74, 6) is -0.882. The molecule has 5 heteroatoms. The van der Waals surface area contributed by atoms with E-state index in [4.69, 9.17) is 4.74 Å². The molecular formula is C11H20N2O3. The predicted molar refractivity (Wildman–Crippen MR) is 59.9 cm³/mol. The van der Waals surface area contributed by atoms with Crippen molar-refractivity contribution in [1.29, 1.82) is 0 Å². The fourth-order valence-electron chi connectivity index (χ4n) is 1.66. The lowest BCUT2D eigenvalue weighted by molar-refractivity contribution is -0.145. The van der Waals surface area contributed by atoms with E-state index in [0.717, 1.165) is 19.3 Å². The second-order valence-electron chi connectivity index (χ2n) is 3.81. The number of nitrogens with zero attached hydrogens (tertiary/aromatic N) is 1. The van der Waals surface area contributed by atoms with Gasteiger partial charge in [-0.15, -0.1) is 0 Å². The second kappa shape index (κ2) is 7.22. The molecule has 0 aromatic carbocycles. The van der Waals surface area contributed by atoms with Crippen LogP contribution in [0.5, 0.6) is 0 Å². The van der Waals surface area contributed by atoms with Gasteiger partial charge in [0.15, 0.2) is 0 Å². The normalized spacial score (nSPS) is 15.2. The van der Waals surface area contributed by atoms with Crippen molar-refractivity contribution in [2.75, 3.05) is 32.8 Å². The molecule has 16 heavy (non-hydrogen) atoms. The molecule has 0 aromatic heterocycles. The standard InChI is InChI=1S/C11H20N2O3/c1-2-16-9-5-6-12-10(14)11(15)13-7-3-4-8-13/h2-9H2,1H3,(H,12,14). The number of amides is 2. The molecule has 0 bridgehead atoms. The average Bonchev–Trinajstić information content (AvgIpc) is 2.81. The van der Waals surface area contributed by atoms with Gasteiger partial charge < -0.3 is 15.0 Å². The molecule has 1 rings (SSSR count). The van der Waals surface area contributed by atoms with Crippen LogP contribution in [0.2, 0.25) is 0 Å². The summed E-state index contributed by atoms with van der Waals surface area (Å²) in [4.78, 5) is 24.6. The topological polar surface area (TPSA) is 58.6 Å². The SMILES string of the molecule is CCOCCCNC(=O)C(=O)N1CCCC1. The van der Waals surface area contributed by atoms with Crippen molar-refractivity contribution in [1.82, 2.24) is 10.2 Å². The van der Waals surface area contributed by atoms with Crippen LogP contribution >= 0.6 is 0 Å². The van der Waals surface area contributed by atoms with E-state index >= 15 is 0 Å².